The molecule has 0 aliphatic heterocycles. The second kappa shape index (κ2) is 6.44. The van der Waals surface area contributed by atoms with Crippen LogP contribution in [0.2, 0.25) is 0 Å². The molecule has 0 aromatic rings. The van der Waals surface area contributed by atoms with Crippen molar-refractivity contribution >= 4 is 17.9 Å². The molecule has 20 heavy (non-hydrogen) atoms. The molecule has 1 atom stereocenters. The summed E-state index contributed by atoms with van der Waals surface area (Å²) in [5.41, 5.74) is -3.43. The maximum atomic E-state index is 12.6. The Morgan fingerprint density at radius 2 is 1.75 bits per heavy atom. The number of carboxylic acids is 1. The van der Waals surface area contributed by atoms with Gasteiger partial charge in [0.25, 0.3) is 0 Å². The number of halogens is 3. The molecule has 0 fully saturated rings. The van der Waals surface area contributed by atoms with Crippen LogP contribution in [0.25, 0.3) is 0 Å². The van der Waals surface area contributed by atoms with Gasteiger partial charge in [0, 0.05) is 13.6 Å². The highest BCUT2D eigenvalue weighted by molar-refractivity contribution is 5.89. The summed E-state index contributed by atoms with van der Waals surface area (Å²) in [5, 5.41) is 11.8. The van der Waals surface area contributed by atoms with Crippen molar-refractivity contribution in [2.75, 3.05) is 20.1 Å². The molecule has 3 amide bonds. The second-order valence-corrected chi connectivity index (χ2v) is 4.14. The first-order chi connectivity index (χ1) is 8.95. The third-order valence-electron chi connectivity index (χ3n) is 2.66. The van der Waals surface area contributed by atoms with Crippen LogP contribution in [0.15, 0.2) is 0 Å². The molecular weight excluding hydrogens is 283 g/mol. The molecule has 7 nitrogen and oxygen atoms in total. The van der Waals surface area contributed by atoms with Crippen LogP contribution in [-0.4, -0.2) is 59.8 Å². The first-order valence-electron chi connectivity index (χ1n) is 5.55. The summed E-state index contributed by atoms with van der Waals surface area (Å²) in [6.45, 7) is 1.80. The lowest BCUT2D eigenvalue weighted by molar-refractivity contribution is -0.203. The van der Waals surface area contributed by atoms with Gasteiger partial charge in [-0.1, -0.05) is 0 Å². The molecule has 0 heterocycles. The molecule has 0 bridgehead atoms. The monoisotopic (exact) mass is 299 g/mol. The number of hydrogen-bond acceptors (Lipinski definition) is 3. The summed E-state index contributed by atoms with van der Waals surface area (Å²) in [5.74, 6) is -2.77. The summed E-state index contributed by atoms with van der Waals surface area (Å²) >= 11 is 0. The van der Waals surface area contributed by atoms with Crippen molar-refractivity contribution in [1.29, 1.82) is 0 Å². The number of carbonyl (C=O) groups excluding carboxylic acids is 2. The highest BCUT2D eigenvalue weighted by Gasteiger charge is 2.58. The third kappa shape index (κ3) is 4.28. The van der Waals surface area contributed by atoms with E-state index < -0.39 is 36.2 Å². The van der Waals surface area contributed by atoms with Gasteiger partial charge in [-0.25, -0.2) is 9.59 Å². The van der Waals surface area contributed by atoms with Crippen molar-refractivity contribution in [3.05, 3.63) is 0 Å². The molecule has 10 heteroatoms. The van der Waals surface area contributed by atoms with Crippen LogP contribution in [0.4, 0.5) is 18.0 Å². The van der Waals surface area contributed by atoms with Crippen LogP contribution in [0.5, 0.6) is 0 Å². The zero-order valence-corrected chi connectivity index (χ0v) is 11.2. The SMILES string of the molecule is CCN(C)C(=O)CNC(=O)NC(C)(C(=O)O)C(F)(F)F. The largest absolute Gasteiger partial charge is 0.479 e. The van der Waals surface area contributed by atoms with Crippen molar-refractivity contribution in [3.63, 3.8) is 0 Å². The molecule has 0 rings (SSSR count). The molecule has 0 aromatic heterocycles. The number of nitrogens with zero attached hydrogens (tertiary/aromatic N) is 1. The Balaban J connectivity index is 4.67. The van der Waals surface area contributed by atoms with E-state index in [4.69, 9.17) is 5.11 Å². The number of alkyl halides is 3. The van der Waals surface area contributed by atoms with Gasteiger partial charge in [-0.3, -0.25) is 4.79 Å². The third-order valence-corrected chi connectivity index (χ3v) is 2.66. The Morgan fingerprint density at radius 3 is 2.10 bits per heavy atom. The van der Waals surface area contributed by atoms with E-state index in [-0.39, 0.29) is 0 Å². The fourth-order valence-electron chi connectivity index (χ4n) is 0.984. The van der Waals surface area contributed by atoms with E-state index in [9.17, 15) is 27.6 Å². The van der Waals surface area contributed by atoms with Gasteiger partial charge >= 0.3 is 18.2 Å². The van der Waals surface area contributed by atoms with E-state index in [0.29, 0.717) is 13.5 Å². The molecule has 1 unspecified atom stereocenters. The Bertz CT molecular complexity index is 400. The van der Waals surface area contributed by atoms with Crippen molar-refractivity contribution in [1.82, 2.24) is 15.5 Å². The van der Waals surface area contributed by atoms with E-state index in [1.165, 1.54) is 17.3 Å². The number of urea groups is 1. The number of carboxylic acid groups (broad SMARTS) is 1. The predicted molar refractivity (Wildman–Crippen MR) is 61.9 cm³/mol. The zero-order valence-electron chi connectivity index (χ0n) is 11.2. The average molecular weight is 299 g/mol. The summed E-state index contributed by atoms with van der Waals surface area (Å²) < 4.78 is 37.8. The highest BCUT2D eigenvalue weighted by atomic mass is 19.4. The van der Waals surface area contributed by atoms with E-state index in [0.717, 1.165) is 0 Å². The van der Waals surface area contributed by atoms with Crippen LogP contribution in [0, 0.1) is 0 Å². The molecule has 116 valence electrons. The second-order valence-electron chi connectivity index (χ2n) is 4.14. The minimum absolute atomic E-state index is 0.314. The minimum atomic E-state index is -5.18. The molecule has 0 aliphatic carbocycles. The standard InChI is InChI=1S/C10H16F3N3O4/c1-4-16(3)6(17)5-14-8(20)15-9(2,7(18)19)10(11,12)13/h4-5H2,1-3H3,(H,18,19)(H2,14,15,20). The zero-order chi connectivity index (χ0) is 16.1. The van der Waals surface area contributed by atoms with Crippen LogP contribution in [-0.2, 0) is 9.59 Å². The summed E-state index contributed by atoms with van der Waals surface area (Å²) in [6.07, 6.45) is -5.18. The maximum absolute atomic E-state index is 12.6. The lowest BCUT2D eigenvalue weighted by Crippen LogP contribution is -2.64. The quantitative estimate of drug-likeness (QED) is 0.674. The Labute approximate surface area is 113 Å². The number of nitrogens with one attached hydrogen (secondary N) is 2. The molecule has 0 spiro atoms. The van der Waals surface area contributed by atoms with E-state index >= 15 is 0 Å². The Kier molecular flexibility index (Phi) is 5.79. The first-order valence-corrected chi connectivity index (χ1v) is 5.55. The van der Waals surface area contributed by atoms with Crippen LogP contribution in [0.1, 0.15) is 13.8 Å². The van der Waals surface area contributed by atoms with Crippen molar-refractivity contribution < 1.29 is 32.7 Å². The molecule has 0 radical (unpaired) electrons. The smallest absolute Gasteiger partial charge is 0.422 e. The number of amides is 3. The maximum Gasteiger partial charge on any atom is 0.422 e. The van der Waals surface area contributed by atoms with Crippen molar-refractivity contribution in [2.24, 2.45) is 0 Å². The van der Waals surface area contributed by atoms with Crippen LogP contribution >= 0.6 is 0 Å². The fraction of sp³-hybridized carbons (Fsp3) is 0.700. The van der Waals surface area contributed by atoms with Gasteiger partial charge in [0.05, 0.1) is 6.54 Å². The molecule has 3 N–H and O–H groups in total. The Morgan fingerprint density at radius 1 is 1.25 bits per heavy atom. The molecule has 0 saturated carbocycles. The highest BCUT2D eigenvalue weighted by Crippen LogP contribution is 2.30. The molecule has 0 saturated heterocycles. The summed E-state index contributed by atoms with van der Waals surface area (Å²) in [7, 11) is 1.44. The lowest BCUT2D eigenvalue weighted by atomic mass is 10.0. The summed E-state index contributed by atoms with van der Waals surface area (Å²) in [4.78, 5) is 34.5. The molecular formula is C10H16F3N3O4. The number of rotatable bonds is 5. The van der Waals surface area contributed by atoms with Gasteiger partial charge in [-0.05, 0) is 13.8 Å². The average Bonchev–Trinajstić information content (AvgIpc) is 2.33. The summed E-state index contributed by atoms with van der Waals surface area (Å²) in [6, 6.07) is -1.40. The minimum Gasteiger partial charge on any atom is -0.479 e. The molecule has 0 aliphatic rings. The van der Waals surface area contributed by atoms with Gasteiger partial charge in [0.2, 0.25) is 11.4 Å². The first kappa shape index (κ1) is 18.0. The number of carbonyl (C=O) groups is 3. The van der Waals surface area contributed by atoms with Gasteiger partial charge < -0.3 is 20.6 Å². The van der Waals surface area contributed by atoms with Gasteiger partial charge in [0.1, 0.15) is 0 Å². The van der Waals surface area contributed by atoms with Crippen molar-refractivity contribution in [2.45, 2.75) is 25.6 Å². The number of aliphatic carboxylic acids is 1. The van der Waals surface area contributed by atoms with Gasteiger partial charge in [0.15, 0.2) is 0 Å². The van der Waals surface area contributed by atoms with Crippen molar-refractivity contribution in [3.8, 4) is 0 Å². The number of hydrogen-bond donors (Lipinski definition) is 3. The predicted octanol–water partition coefficient (Wildman–Crippen LogP) is 0.170. The van der Waals surface area contributed by atoms with E-state index in [2.05, 4.69) is 0 Å². The molecule has 0 aromatic carbocycles. The number of likely N-dealkylation sites (N-methyl/N-ethyl adjacent to an activating group) is 1. The van der Waals surface area contributed by atoms with Gasteiger partial charge in [-0.2, -0.15) is 13.2 Å². The Hall–Kier alpha value is -2.00. The van der Waals surface area contributed by atoms with Crippen LogP contribution in [0.3, 0.4) is 0 Å². The van der Waals surface area contributed by atoms with Crippen LogP contribution < -0.4 is 10.6 Å². The van der Waals surface area contributed by atoms with Gasteiger partial charge in [-0.15, -0.1) is 0 Å². The normalized spacial score (nSPS) is 14.1. The lowest BCUT2D eigenvalue weighted by Gasteiger charge is -2.28. The fourth-order valence-corrected chi connectivity index (χ4v) is 0.984. The van der Waals surface area contributed by atoms with E-state index in [1.54, 1.807) is 6.92 Å². The topological polar surface area (TPSA) is 98.7 Å². The van der Waals surface area contributed by atoms with E-state index in [1.807, 2.05) is 5.32 Å².